The number of carbonyl (C=O) groups is 1. The molecule has 0 radical (unpaired) electrons. The van der Waals surface area contributed by atoms with E-state index in [4.69, 9.17) is 23.2 Å². The molecule has 1 aromatic heterocycles. The quantitative estimate of drug-likeness (QED) is 0.631. The summed E-state index contributed by atoms with van der Waals surface area (Å²) < 4.78 is 3.07. The summed E-state index contributed by atoms with van der Waals surface area (Å²) in [6, 6.07) is 12.5. The molecule has 0 aliphatic carbocycles. The molecule has 0 fully saturated rings. The summed E-state index contributed by atoms with van der Waals surface area (Å²) in [4.78, 5) is 17.4. The van der Waals surface area contributed by atoms with Crippen molar-refractivity contribution >= 4 is 50.7 Å². The number of carbonyl (C=O) groups excluding carboxylic acids is 1. The molecule has 2 aromatic carbocycles. The summed E-state index contributed by atoms with van der Waals surface area (Å²) in [5.74, 6) is -0.296. The van der Waals surface area contributed by atoms with Crippen LogP contribution in [0.3, 0.4) is 0 Å². The lowest BCUT2D eigenvalue weighted by molar-refractivity contribution is 0.0998. The average Bonchev–Trinajstić information content (AvgIpc) is 2.84. The van der Waals surface area contributed by atoms with Gasteiger partial charge in [-0.05, 0) is 42.8 Å². The number of aromatic nitrogens is 1. The highest BCUT2D eigenvalue weighted by molar-refractivity contribution is 7.16. The molecule has 0 atom stereocenters. The van der Waals surface area contributed by atoms with E-state index in [0.29, 0.717) is 20.4 Å². The molecule has 118 valence electrons. The third kappa shape index (κ3) is 3.50. The van der Waals surface area contributed by atoms with Crippen molar-refractivity contribution in [2.24, 2.45) is 4.99 Å². The van der Waals surface area contributed by atoms with Crippen molar-refractivity contribution in [3.05, 3.63) is 62.9 Å². The van der Waals surface area contributed by atoms with Gasteiger partial charge >= 0.3 is 0 Å². The van der Waals surface area contributed by atoms with Crippen LogP contribution < -0.4 is 4.80 Å². The third-order valence-corrected chi connectivity index (χ3v) is 4.87. The second kappa shape index (κ2) is 6.87. The Morgan fingerprint density at radius 3 is 2.70 bits per heavy atom. The van der Waals surface area contributed by atoms with Crippen LogP contribution in [-0.2, 0) is 6.54 Å². The van der Waals surface area contributed by atoms with E-state index in [1.54, 1.807) is 24.3 Å². The molecule has 3 aromatic rings. The molecule has 3 nitrogen and oxygen atoms in total. The summed E-state index contributed by atoms with van der Waals surface area (Å²) in [6.07, 6.45) is 0.951. The highest BCUT2D eigenvalue weighted by atomic mass is 35.5. The number of hydrogen-bond donors (Lipinski definition) is 0. The van der Waals surface area contributed by atoms with Gasteiger partial charge in [-0.25, -0.2) is 0 Å². The van der Waals surface area contributed by atoms with Gasteiger partial charge in [-0.2, -0.15) is 4.99 Å². The fourth-order valence-corrected chi connectivity index (χ4v) is 3.87. The zero-order chi connectivity index (χ0) is 16.4. The molecule has 0 unspecified atom stereocenters. The second-order valence-electron chi connectivity index (χ2n) is 5.08. The zero-order valence-electron chi connectivity index (χ0n) is 12.4. The number of fused-ring (bicyclic) bond motifs is 1. The lowest BCUT2D eigenvalue weighted by atomic mass is 10.2. The van der Waals surface area contributed by atoms with Crippen LogP contribution in [0.5, 0.6) is 0 Å². The number of hydrogen-bond acceptors (Lipinski definition) is 2. The molecule has 0 bridgehead atoms. The van der Waals surface area contributed by atoms with Gasteiger partial charge in [0.05, 0.1) is 10.2 Å². The molecular formula is C17H14Cl2N2OS. The summed E-state index contributed by atoms with van der Waals surface area (Å²) >= 11 is 13.5. The highest BCUT2D eigenvalue weighted by Crippen LogP contribution is 2.22. The number of thiazole rings is 1. The molecular weight excluding hydrogens is 351 g/mol. The van der Waals surface area contributed by atoms with Crippen LogP contribution in [0.15, 0.2) is 47.5 Å². The van der Waals surface area contributed by atoms with E-state index in [9.17, 15) is 4.79 Å². The first-order chi connectivity index (χ1) is 11.1. The fourth-order valence-electron chi connectivity index (χ4n) is 2.34. The van der Waals surface area contributed by atoms with E-state index in [-0.39, 0.29) is 5.91 Å². The minimum atomic E-state index is -0.296. The third-order valence-electron chi connectivity index (χ3n) is 3.36. The van der Waals surface area contributed by atoms with Crippen molar-refractivity contribution in [3.63, 3.8) is 0 Å². The Balaban J connectivity index is 2.14. The Labute approximate surface area is 147 Å². The lowest BCUT2D eigenvalue weighted by Gasteiger charge is -2.02. The van der Waals surface area contributed by atoms with Gasteiger partial charge in [-0.1, -0.05) is 47.5 Å². The summed E-state index contributed by atoms with van der Waals surface area (Å²) in [6.45, 7) is 2.89. The van der Waals surface area contributed by atoms with E-state index >= 15 is 0 Å². The van der Waals surface area contributed by atoms with Crippen LogP contribution in [-0.4, -0.2) is 10.5 Å². The number of halogens is 2. The maximum absolute atomic E-state index is 12.4. The fraction of sp³-hybridized carbons (Fsp3) is 0.176. The van der Waals surface area contributed by atoms with Crippen molar-refractivity contribution in [3.8, 4) is 0 Å². The van der Waals surface area contributed by atoms with Gasteiger partial charge in [0.1, 0.15) is 0 Å². The first kappa shape index (κ1) is 16.2. The summed E-state index contributed by atoms with van der Waals surface area (Å²) in [7, 11) is 0. The van der Waals surface area contributed by atoms with Crippen LogP contribution in [0.2, 0.25) is 10.0 Å². The van der Waals surface area contributed by atoms with Crippen LogP contribution in [0.4, 0.5) is 0 Å². The topological polar surface area (TPSA) is 34.4 Å². The summed E-state index contributed by atoms with van der Waals surface area (Å²) in [5, 5.41) is 1.20. The standard InChI is InChI=1S/C17H14Cl2N2OS/c1-2-8-21-14-7-6-13(19)10-15(14)23-17(21)20-16(22)11-4-3-5-12(18)9-11/h3-7,9-10H,2,8H2,1H3. The van der Waals surface area contributed by atoms with Crippen molar-refractivity contribution in [2.75, 3.05) is 0 Å². The van der Waals surface area contributed by atoms with E-state index in [1.807, 2.05) is 18.2 Å². The van der Waals surface area contributed by atoms with Gasteiger partial charge < -0.3 is 4.57 Å². The second-order valence-corrected chi connectivity index (χ2v) is 6.96. The number of rotatable bonds is 3. The molecule has 0 saturated carbocycles. The van der Waals surface area contributed by atoms with Gasteiger partial charge in [0, 0.05) is 22.2 Å². The van der Waals surface area contributed by atoms with Crippen LogP contribution in [0, 0.1) is 0 Å². The van der Waals surface area contributed by atoms with Crippen molar-refractivity contribution in [1.82, 2.24) is 4.57 Å². The molecule has 0 N–H and O–H groups in total. The number of amides is 1. The Morgan fingerprint density at radius 2 is 1.96 bits per heavy atom. The highest BCUT2D eigenvalue weighted by Gasteiger charge is 2.09. The molecule has 3 rings (SSSR count). The van der Waals surface area contributed by atoms with E-state index in [2.05, 4.69) is 16.5 Å². The Morgan fingerprint density at radius 1 is 1.17 bits per heavy atom. The molecule has 1 heterocycles. The molecule has 0 aliphatic heterocycles. The largest absolute Gasteiger partial charge is 0.316 e. The number of aryl methyl sites for hydroxylation is 1. The first-order valence-corrected chi connectivity index (χ1v) is 8.79. The van der Waals surface area contributed by atoms with Crippen molar-refractivity contribution in [1.29, 1.82) is 0 Å². The molecule has 0 saturated heterocycles. The lowest BCUT2D eigenvalue weighted by Crippen LogP contribution is -2.16. The smallest absolute Gasteiger partial charge is 0.279 e. The van der Waals surface area contributed by atoms with Gasteiger partial charge in [0.15, 0.2) is 4.80 Å². The normalized spacial score (nSPS) is 12.0. The SMILES string of the molecule is CCCn1c(=NC(=O)c2cccc(Cl)c2)sc2cc(Cl)ccc21. The Hall–Kier alpha value is -1.62. The number of benzene rings is 2. The predicted octanol–water partition coefficient (Wildman–Crippen LogP) is 5.16. The molecule has 1 amide bonds. The molecule has 6 heteroatoms. The van der Waals surface area contributed by atoms with Gasteiger partial charge in [0.2, 0.25) is 0 Å². The van der Waals surface area contributed by atoms with Gasteiger partial charge in [-0.3, -0.25) is 4.79 Å². The average molecular weight is 365 g/mol. The van der Waals surface area contributed by atoms with E-state index in [1.165, 1.54) is 11.3 Å². The van der Waals surface area contributed by atoms with Crippen molar-refractivity contribution < 1.29 is 4.79 Å². The van der Waals surface area contributed by atoms with E-state index in [0.717, 1.165) is 23.2 Å². The zero-order valence-corrected chi connectivity index (χ0v) is 14.8. The molecule has 0 aliphatic rings. The Bertz CT molecular complexity index is 943. The van der Waals surface area contributed by atoms with Crippen LogP contribution >= 0.6 is 34.5 Å². The van der Waals surface area contributed by atoms with E-state index < -0.39 is 0 Å². The Kier molecular flexibility index (Phi) is 4.85. The first-order valence-electron chi connectivity index (χ1n) is 7.22. The van der Waals surface area contributed by atoms with Crippen molar-refractivity contribution in [2.45, 2.75) is 19.9 Å². The number of nitrogens with zero attached hydrogens (tertiary/aromatic N) is 2. The molecule has 0 spiro atoms. The van der Waals surface area contributed by atoms with Crippen LogP contribution in [0.1, 0.15) is 23.7 Å². The summed E-state index contributed by atoms with van der Waals surface area (Å²) in [5.41, 5.74) is 1.52. The minimum absolute atomic E-state index is 0.296. The maximum atomic E-state index is 12.4. The maximum Gasteiger partial charge on any atom is 0.279 e. The molecule has 23 heavy (non-hydrogen) atoms. The monoisotopic (exact) mass is 364 g/mol. The predicted molar refractivity (Wildman–Crippen MR) is 96.5 cm³/mol. The van der Waals surface area contributed by atoms with Gasteiger partial charge in [0.25, 0.3) is 5.91 Å². The van der Waals surface area contributed by atoms with Gasteiger partial charge in [-0.15, -0.1) is 0 Å². The van der Waals surface area contributed by atoms with Crippen LogP contribution in [0.25, 0.3) is 10.2 Å². The minimum Gasteiger partial charge on any atom is -0.316 e.